The van der Waals surface area contributed by atoms with Gasteiger partial charge in [-0.1, -0.05) is 54.6 Å². The molecular weight excluding hydrogens is 424 g/mol. The lowest BCUT2D eigenvalue weighted by atomic mass is 9.92. The third kappa shape index (κ3) is 5.77. The Labute approximate surface area is 191 Å². The van der Waals surface area contributed by atoms with Crippen molar-refractivity contribution in [3.05, 3.63) is 88.1 Å². The Morgan fingerprint density at radius 1 is 0.935 bits per heavy atom. The van der Waals surface area contributed by atoms with Gasteiger partial charge in [0.25, 0.3) is 5.91 Å². The Morgan fingerprint density at radius 2 is 1.68 bits per heavy atom. The van der Waals surface area contributed by atoms with Crippen LogP contribution in [0.15, 0.2) is 72.1 Å². The van der Waals surface area contributed by atoms with Crippen molar-refractivity contribution in [3.8, 4) is 0 Å². The molecule has 31 heavy (non-hydrogen) atoms. The fraction of sp³-hybridized carbons (Fsp3) is 0.280. The van der Waals surface area contributed by atoms with E-state index in [4.69, 9.17) is 0 Å². The van der Waals surface area contributed by atoms with E-state index >= 15 is 0 Å². The van der Waals surface area contributed by atoms with Gasteiger partial charge < -0.3 is 10.6 Å². The molecule has 0 unspecified atom stereocenters. The van der Waals surface area contributed by atoms with Gasteiger partial charge in [0.15, 0.2) is 0 Å². The third-order valence-electron chi connectivity index (χ3n) is 5.53. The summed E-state index contributed by atoms with van der Waals surface area (Å²) in [6.07, 6.45) is 2.69. The van der Waals surface area contributed by atoms with E-state index < -0.39 is 6.04 Å². The minimum absolute atomic E-state index is 0.189. The topological polar surface area (TPSA) is 58.2 Å². The Kier molecular flexibility index (Phi) is 7.43. The number of hydrogen-bond donors (Lipinski definition) is 2. The molecule has 2 amide bonds. The van der Waals surface area contributed by atoms with Crippen LogP contribution in [-0.2, 0) is 11.2 Å². The predicted octanol–water partition coefficient (Wildman–Crippen LogP) is 5.34. The number of rotatable bonds is 7. The van der Waals surface area contributed by atoms with Crippen LogP contribution in [0.25, 0.3) is 0 Å². The molecule has 6 heteroatoms. The quantitative estimate of drug-likeness (QED) is 0.511. The fourth-order valence-electron chi connectivity index (χ4n) is 3.89. The summed E-state index contributed by atoms with van der Waals surface area (Å²) in [6, 6.07) is 20.8. The van der Waals surface area contributed by atoms with E-state index in [0.29, 0.717) is 17.2 Å². The Hall–Kier alpha value is -2.57. The number of benzene rings is 2. The zero-order valence-corrected chi connectivity index (χ0v) is 18.9. The molecule has 0 bridgehead atoms. The molecule has 1 fully saturated rings. The molecule has 2 N–H and O–H groups in total. The van der Waals surface area contributed by atoms with E-state index in [9.17, 15) is 9.59 Å². The van der Waals surface area contributed by atoms with Crippen molar-refractivity contribution in [2.45, 2.75) is 31.2 Å². The minimum atomic E-state index is -0.660. The lowest BCUT2D eigenvalue weighted by molar-refractivity contribution is -0.118. The number of para-hydroxylation sites is 1. The van der Waals surface area contributed by atoms with Gasteiger partial charge in [0.05, 0.1) is 4.88 Å². The summed E-state index contributed by atoms with van der Waals surface area (Å²) in [5.74, 6) is 2.36. The van der Waals surface area contributed by atoms with E-state index in [-0.39, 0.29) is 11.8 Å². The van der Waals surface area contributed by atoms with Crippen LogP contribution in [-0.4, -0.2) is 29.4 Å². The molecule has 1 aromatic heterocycles. The van der Waals surface area contributed by atoms with Gasteiger partial charge >= 0.3 is 0 Å². The number of carbonyl (C=O) groups excluding carboxylic acids is 2. The molecule has 0 saturated carbocycles. The molecule has 0 radical (unpaired) electrons. The molecule has 4 rings (SSSR count). The van der Waals surface area contributed by atoms with Gasteiger partial charge in [0.2, 0.25) is 5.91 Å². The van der Waals surface area contributed by atoms with Crippen LogP contribution >= 0.6 is 23.1 Å². The third-order valence-corrected chi connectivity index (χ3v) is 7.45. The van der Waals surface area contributed by atoms with Gasteiger partial charge in [-0.2, -0.15) is 11.8 Å². The number of anilines is 1. The van der Waals surface area contributed by atoms with E-state index in [1.165, 1.54) is 16.9 Å². The van der Waals surface area contributed by atoms with Gasteiger partial charge in [-0.25, -0.2) is 0 Å². The largest absolute Gasteiger partial charge is 0.339 e. The summed E-state index contributed by atoms with van der Waals surface area (Å²) in [6.45, 7) is 0. The molecule has 2 heterocycles. The van der Waals surface area contributed by atoms with Gasteiger partial charge in [-0.05, 0) is 58.9 Å². The first-order valence-corrected chi connectivity index (χ1v) is 12.6. The molecule has 4 nitrogen and oxygen atoms in total. The first kappa shape index (κ1) is 21.7. The maximum absolute atomic E-state index is 13.3. The van der Waals surface area contributed by atoms with Crippen molar-refractivity contribution >= 4 is 40.6 Å². The second kappa shape index (κ2) is 10.6. The van der Waals surface area contributed by atoms with Crippen molar-refractivity contribution in [1.29, 1.82) is 0 Å². The fourth-order valence-corrected chi connectivity index (χ4v) is 5.62. The van der Waals surface area contributed by atoms with Gasteiger partial charge in [0, 0.05) is 12.1 Å². The number of thiophene rings is 1. The minimum Gasteiger partial charge on any atom is -0.339 e. The van der Waals surface area contributed by atoms with E-state index in [1.807, 2.05) is 71.7 Å². The number of thioether (sulfide) groups is 1. The summed E-state index contributed by atoms with van der Waals surface area (Å²) in [5, 5.41) is 7.93. The van der Waals surface area contributed by atoms with E-state index in [1.54, 1.807) is 6.07 Å². The molecule has 3 aromatic rings. The van der Waals surface area contributed by atoms with Crippen LogP contribution in [0, 0.1) is 0 Å². The Bertz CT molecular complexity index is 999. The van der Waals surface area contributed by atoms with Crippen molar-refractivity contribution in [1.82, 2.24) is 5.32 Å². The summed E-state index contributed by atoms with van der Waals surface area (Å²) < 4.78 is 0. The maximum atomic E-state index is 13.3. The zero-order valence-electron chi connectivity index (χ0n) is 17.3. The predicted molar refractivity (Wildman–Crippen MR) is 130 cm³/mol. The summed E-state index contributed by atoms with van der Waals surface area (Å²) in [7, 11) is 0. The zero-order chi connectivity index (χ0) is 21.5. The maximum Gasteiger partial charge on any atom is 0.262 e. The van der Waals surface area contributed by atoms with Crippen molar-refractivity contribution in [3.63, 3.8) is 0 Å². The highest BCUT2D eigenvalue weighted by Crippen LogP contribution is 2.35. The average Bonchev–Trinajstić information content (AvgIpc) is 3.35. The number of amides is 2. The second-order valence-corrected chi connectivity index (χ2v) is 9.83. The second-order valence-electron chi connectivity index (χ2n) is 7.66. The standard InChI is InChI=1S/C25H26N2O2S2/c28-24(26-21-10-5-4-9-20(21)19-12-15-30-16-13-19)22(17-18-7-2-1-3-8-18)27-25(29)23-11-6-14-31-23/h1-11,14,19,22H,12-13,15-17H2,(H,26,28)(H,27,29)/t22-/m1/s1. The van der Waals surface area contributed by atoms with Crippen LogP contribution in [0.3, 0.4) is 0 Å². The molecular formula is C25H26N2O2S2. The SMILES string of the molecule is O=C(N[C@H](Cc1ccccc1)C(=O)Nc1ccccc1C1CCSCC1)c1cccs1. The van der Waals surface area contributed by atoms with Crippen LogP contribution < -0.4 is 10.6 Å². The smallest absolute Gasteiger partial charge is 0.262 e. The normalized spacial score (nSPS) is 15.2. The Morgan fingerprint density at radius 3 is 2.42 bits per heavy atom. The molecule has 1 saturated heterocycles. The highest BCUT2D eigenvalue weighted by Gasteiger charge is 2.25. The Balaban J connectivity index is 1.53. The lowest BCUT2D eigenvalue weighted by Gasteiger charge is -2.25. The molecule has 0 spiro atoms. The molecule has 160 valence electrons. The highest BCUT2D eigenvalue weighted by molar-refractivity contribution is 7.99. The molecule has 2 aromatic carbocycles. The highest BCUT2D eigenvalue weighted by atomic mass is 32.2. The van der Waals surface area contributed by atoms with Gasteiger partial charge in [-0.3, -0.25) is 9.59 Å². The average molecular weight is 451 g/mol. The summed E-state index contributed by atoms with van der Waals surface area (Å²) in [5.41, 5.74) is 3.05. The van der Waals surface area contributed by atoms with Gasteiger partial charge in [-0.15, -0.1) is 11.3 Å². The first-order chi connectivity index (χ1) is 15.2. The van der Waals surface area contributed by atoms with Crippen LogP contribution in [0.1, 0.15) is 39.6 Å². The molecule has 1 aliphatic rings. The van der Waals surface area contributed by atoms with Crippen LogP contribution in [0.2, 0.25) is 0 Å². The van der Waals surface area contributed by atoms with E-state index in [0.717, 1.165) is 35.6 Å². The molecule has 1 aliphatic heterocycles. The van der Waals surface area contributed by atoms with Crippen molar-refractivity contribution < 1.29 is 9.59 Å². The number of nitrogens with one attached hydrogen (secondary N) is 2. The summed E-state index contributed by atoms with van der Waals surface area (Å²) in [4.78, 5) is 26.6. The number of carbonyl (C=O) groups is 2. The first-order valence-electron chi connectivity index (χ1n) is 10.6. The lowest BCUT2D eigenvalue weighted by Crippen LogP contribution is -2.45. The van der Waals surface area contributed by atoms with E-state index in [2.05, 4.69) is 16.7 Å². The molecule has 0 aliphatic carbocycles. The number of hydrogen-bond acceptors (Lipinski definition) is 4. The van der Waals surface area contributed by atoms with Crippen molar-refractivity contribution in [2.75, 3.05) is 16.8 Å². The molecule has 1 atom stereocenters. The van der Waals surface area contributed by atoms with Crippen LogP contribution in [0.4, 0.5) is 5.69 Å². The monoisotopic (exact) mass is 450 g/mol. The van der Waals surface area contributed by atoms with Crippen molar-refractivity contribution in [2.24, 2.45) is 0 Å². The summed E-state index contributed by atoms with van der Waals surface area (Å²) >= 11 is 3.36. The van der Waals surface area contributed by atoms with Gasteiger partial charge in [0.1, 0.15) is 6.04 Å². The van der Waals surface area contributed by atoms with Crippen LogP contribution in [0.5, 0.6) is 0 Å².